The molecule has 0 atom stereocenters. The third-order valence-corrected chi connectivity index (χ3v) is 4.83. The molecule has 2 aromatic carbocycles. The van der Waals surface area contributed by atoms with Gasteiger partial charge < -0.3 is 14.2 Å². The van der Waals surface area contributed by atoms with Crippen molar-refractivity contribution in [1.29, 1.82) is 0 Å². The Labute approximate surface area is 163 Å². The Hall–Kier alpha value is -3.07. The number of esters is 2. The van der Waals surface area contributed by atoms with Crippen LogP contribution in [0, 0.1) is 0 Å². The third-order valence-electron chi connectivity index (χ3n) is 3.45. The van der Waals surface area contributed by atoms with E-state index in [1.165, 1.54) is 43.5 Å². The fraction of sp³-hybridized carbons (Fsp3) is 0.263. The standard InChI is InChI=1S/C19H21NO7S/c1-13(2)27-18(21)12-26-19(22)16-6-4-5-7-17(16)20-28(23,24)15-10-8-14(25-3)9-11-15/h4-11,13,20H,12H2,1-3H3. The molecule has 0 aromatic heterocycles. The monoisotopic (exact) mass is 407 g/mol. The first-order valence-electron chi connectivity index (χ1n) is 8.35. The molecule has 0 bridgehead atoms. The lowest BCUT2D eigenvalue weighted by atomic mass is 10.2. The number of carbonyl (C=O) groups is 2. The molecular formula is C19H21NO7S. The Kier molecular flexibility index (Phi) is 7.00. The van der Waals surface area contributed by atoms with Gasteiger partial charge in [0.1, 0.15) is 5.75 Å². The zero-order valence-corrected chi connectivity index (χ0v) is 16.5. The molecule has 0 spiro atoms. The topological polar surface area (TPSA) is 108 Å². The minimum absolute atomic E-state index is 0.00279. The molecule has 0 aliphatic rings. The van der Waals surface area contributed by atoms with Crippen molar-refractivity contribution in [2.24, 2.45) is 0 Å². The first kappa shape index (κ1) is 21.2. The number of rotatable bonds is 8. The Morgan fingerprint density at radius 2 is 1.68 bits per heavy atom. The maximum Gasteiger partial charge on any atom is 0.344 e. The van der Waals surface area contributed by atoms with Crippen LogP contribution in [0.1, 0.15) is 24.2 Å². The van der Waals surface area contributed by atoms with Crippen LogP contribution in [0.5, 0.6) is 5.75 Å². The lowest BCUT2D eigenvalue weighted by molar-refractivity contribution is -0.150. The highest BCUT2D eigenvalue weighted by molar-refractivity contribution is 7.92. The van der Waals surface area contributed by atoms with E-state index in [1.54, 1.807) is 26.0 Å². The summed E-state index contributed by atoms with van der Waals surface area (Å²) in [5, 5.41) is 0. The fourth-order valence-corrected chi connectivity index (χ4v) is 3.29. The number of carbonyl (C=O) groups excluding carboxylic acids is 2. The Morgan fingerprint density at radius 3 is 2.29 bits per heavy atom. The first-order valence-corrected chi connectivity index (χ1v) is 9.83. The first-order chi connectivity index (χ1) is 13.2. The van der Waals surface area contributed by atoms with Gasteiger partial charge in [0.25, 0.3) is 10.0 Å². The molecule has 2 rings (SSSR count). The van der Waals surface area contributed by atoms with Crippen molar-refractivity contribution in [3.8, 4) is 5.75 Å². The van der Waals surface area contributed by atoms with Crippen LogP contribution in [-0.2, 0) is 24.3 Å². The SMILES string of the molecule is COc1ccc(S(=O)(=O)Nc2ccccc2C(=O)OCC(=O)OC(C)C)cc1. The van der Waals surface area contributed by atoms with Gasteiger partial charge in [-0.3, -0.25) is 4.72 Å². The smallest absolute Gasteiger partial charge is 0.344 e. The van der Waals surface area contributed by atoms with Gasteiger partial charge in [-0.2, -0.15) is 0 Å². The molecule has 1 N–H and O–H groups in total. The van der Waals surface area contributed by atoms with Crippen molar-refractivity contribution >= 4 is 27.6 Å². The van der Waals surface area contributed by atoms with Gasteiger partial charge in [-0.15, -0.1) is 0 Å². The summed E-state index contributed by atoms with van der Waals surface area (Å²) in [7, 11) is -2.47. The molecule has 150 valence electrons. The minimum Gasteiger partial charge on any atom is -0.497 e. The summed E-state index contributed by atoms with van der Waals surface area (Å²) in [6, 6.07) is 11.7. The van der Waals surface area contributed by atoms with E-state index in [1.807, 2.05) is 0 Å². The molecule has 0 amide bonds. The summed E-state index contributed by atoms with van der Waals surface area (Å²) in [4.78, 5) is 23.8. The average Bonchev–Trinajstić information content (AvgIpc) is 2.65. The van der Waals surface area contributed by atoms with Gasteiger partial charge in [-0.25, -0.2) is 18.0 Å². The predicted molar refractivity (Wildman–Crippen MR) is 102 cm³/mol. The number of sulfonamides is 1. The van der Waals surface area contributed by atoms with E-state index in [2.05, 4.69) is 4.72 Å². The molecule has 0 aliphatic heterocycles. The highest BCUT2D eigenvalue weighted by Gasteiger charge is 2.20. The summed E-state index contributed by atoms with van der Waals surface area (Å²) in [6.45, 7) is 2.77. The van der Waals surface area contributed by atoms with E-state index in [0.29, 0.717) is 5.75 Å². The van der Waals surface area contributed by atoms with Crippen LogP contribution in [0.25, 0.3) is 0 Å². The number of nitrogens with one attached hydrogen (secondary N) is 1. The summed E-state index contributed by atoms with van der Waals surface area (Å²) in [6.07, 6.45) is -0.338. The number of hydrogen-bond acceptors (Lipinski definition) is 7. The number of ether oxygens (including phenoxy) is 3. The van der Waals surface area contributed by atoms with Gasteiger partial charge in [0.15, 0.2) is 6.61 Å². The molecule has 28 heavy (non-hydrogen) atoms. The normalized spacial score (nSPS) is 11.0. The number of benzene rings is 2. The highest BCUT2D eigenvalue weighted by atomic mass is 32.2. The second-order valence-electron chi connectivity index (χ2n) is 5.94. The van der Waals surface area contributed by atoms with Crippen molar-refractivity contribution in [3.05, 3.63) is 54.1 Å². The van der Waals surface area contributed by atoms with Crippen LogP contribution in [-0.4, -0.2) is 40.2 Å². The number of methoxy groups -OCH3 is 1. The summed E-state index contributed by atoms with van der Waals surface area (Å²) in [5.41, 5.74) is -0.00233. The van der Waals surface area contributed by atoms with E-state index in [9.17, 15) is 18.0 Å². The molecule has 9 heteroatoms. The fourth-order valence-electron chi connectivity index (χ4n) is 2.21. The number of anilines is 1. The largest absolute Gasteiger partial charge is 0.497 e. The van der Waals surface area contributed by atoms with Crippen LogP contribution in [0.3, 0.4) is 0 Å². The van der Waals surface area contributed by atoms with E-state index in [-0.39, 0.29) is 22.3 Å². The third kappa shape index (κ3) is 5.71. The minimum atomic E-state index is -3.95. The second-order valence-corrected chi connectivity index (χ2v) is 7.62. The van der Waals surface area contributed by atoms with Crippen molar-refractivity contribution in [3.63, 3.8) is 0 Å². The Morgan fingerprint density at radius 1 is 1.04 bits per heavy atom. The Bertz CT molecular complexity index is 937. The molecule has 8 nitrogen and oxygen atoms in total. The summed E-state index contributed by atoms with van der Waals surface area (Å²) in [5.74, 6) is -1.04. The molecule has 0 radical (unpaired) electrons. The predicted octanol–water partition coefficient (Wildman–Crippen LogP) is 2.60. The highest BCUT2D eigenvalue weighted by Crippen LogP contribution is 2.22. The van der Waals surface area contributed by atoms with E-state index in [0.717, 1.165) is 0 Å². The molecule has 0 fully saturated rings. The Balaban J connectivity index is 2.16. The molecule has 0 heterocycles. The summed E-state index contributed by atoms with van der Waals surface area (Å²) < 4.78 is 42.3. The molecule has 2 aromatic rings. The van der Waals surface area contributed by atoms with Gasteiger partial charge in [0.2, 0.25) is 0 Å². The number of para-hydroxylation sites is 1. The lowest BCUT2D eigenvalue weighted by Gasteiger charge is -2.13. The van der Waals surface area contributed by atoms with Gasteiger partial charge in [0, 0.05) is 0 Å². The zero-order chi connectivity index (χ0) is 20.7. The maximum absolute atomic E-state index is 12.6. The quantitative estimate of drug-likeness (QED) is 0.670. The molecule has 0 unspecified atom stereocenters. The van der Waals surface area contributed by atoms with Crippen molar-refractivity contribution in [1.82, 2.24) is 0 Å². The van der Waals surface area contributed by atoms with Crippen molar-refractivity contribution < 1.29 is 32.2 Å². The molecule has 0 saturated heterocycles. The second kappa shape index (κ2) is 9.23. The molecule has 0 aliphatic carbocycles. The van der Waals surface area contributed by atoms with Crippen LogP contribution in [0.15, 0.2) is 53.4 Å². The van der Waals surface area contributed by atoms with E-state index < -0.39 is 28.6 Å². The maximum atomic E-state index is 12.6. The zero-order valence-electron chi connectivity index (χ0n) is 15.7. The van der Waals surface area contributed by atoms with Gasteiger partial charge in [0.05, 0.1) is 29.4 Å². The van der Waals surface area contributed by atoms with Gasteiger partial charge >= 0.3 is 11.9 Å². The van der Waals surface area contributed by atoms with E-state index in [4.69, 9.17) is 14.2 Å². The van der Waals surface area contributed by atoms with Crippen LogP contribution in [0.4, 0.5) is 5.69 Å². The molecule has 0 saturated carbocycles. The van der Waals surface area contributed by atoms with Crippen LogP contribution < -0.4 is 9.46 Å². The lowest BCUT2D eigenvalue weighted by Crippen LogP contribution is -2.21. The van der Waals surface area contributed by atoms with Crippen molar-refractivity contribution in [2.75, 3.05) is 18.4 Å². The van der Waals surface area contributed by atoms with Gasteiger partial charge in [-0.05, 0) is 50.2 Å². The van der Waals surface area contributed by atoms with Crippen LogP contribution in [0.2, 0.25) is 0 Å². The van der Waals surface area contributed by atoms with Gasteiger partial charge in [-0.1, -0.05) is 12.1 Å². The average molecular weight is 407 g/mol. The molecular weight excluding hydrogens is 386 g/mol. The van der Waals surface area contributed by atoms with Crippen molar-refractivity contribution in [2.45, 2.75) is 24.8 Å². The number of hydrogen-bond donors (Lipinski definition) is 1. The van der Waals surface area contributed by atoms with Crippen LogP contribution >= 0.6 is 0 Å². The summed E-state index contributed by atoms with van der Waals surface area (Å²) >= 11 is 0. The van der Waals surface area contributed by atoms with E-state index >= 15 is 0 Å².